The van der Waals surface area contributed by atoms with Crippen molar-refractivity contribution in [3.8, 4) is 0 Å². The molecule has 1 saturated carbocycles. The summed E-state index contributed by atoms with van der Waals surface area (Å²) in [6.07, 6.45) is 6.86. The fourth-order valence-corrected chi connectivity index (χ4v) is 3.00. The molecule has 5 heteroatoms. The van der Waals surface area contributed by atoms with Crippen molar-refractivity contribution in [3.05, 3.63) is 24.0 Å². The Labute approximate surface area is 127 Å². The van der Waals surface area contributed by atoms with Crippen molar-refractivity contribution < 1.29 is 4.74 Å². The first-order valence-corrected chi connectivity index (χ1v) is 7.90. The lowest BCUT2D eigenvalue weighted by atomic mass is 10.2. The van der Waals surface area contributed by atoms with Crippen molar-refractivity contribution in [3.63, 3.8) is 0 Å². The van der Waals surface area contributed by atoms with Crippen molar-refractivity contribution in [2.45, 2.75) is 31.5 Å². The summed E-state index contributed by atoms with van der Waals surface area (Å²) in [7, 11) is 4.13. The van der Waals surface area contributed by atoms with Crippen LogP contribution in [0.15, 0.2) is 18.5 Å². The van der Waals surface area contributed by atoms with Crippen molar-refractivity contribution in [2.75, 3.05) is 45.2 Å². The van der Waals surface area contributed by atoms with Gasteiger partial charge in [-0.2, -0.15) is 0 Å². The van der Waals surface area contributed by atoms with Gasteiger partial charge in [-0.15, -0.1) is 0 Å². The number of pyridine rings is 1. The molecular weight excluding hydrogens is 264 g/mol. The van der Waals surface area contributed by atoms with Gasteiger partial charge in [0.1, 0.15) is 0 Å². The highest BCUT2D eigenvalue weighted by Crippen LogP contribution is 2.28. The molecule has 1 aliphatic heterocycles. The number of nitrogens with one attached hydrogen (secondary N) is 1. The molecule has 5 nitrogen and oxygen atoms in total. The summed E-state index contributed by atoms with van der Waals surface area (Å²) in [6.45, 7) is 4.80. The molecule has 0 amide bonds. The molecule has 1 saturated heterocycles. The van der Waals surface area contributed by atoms with Gasteiger partial charge in [0, 0.05) is 70.0 Å². The maximum Gasteiger partial charge on any atom is 0.0826 e. The molecule has 116 valence electrons. The van der Waals surface area contributed by atoms with Crippen LogP contribution in [0.2, 0.25) is 0 Å². The maximum absolute atomic E-state index is 5.87. The molecule has 3 rings (SSSR count). The smallest absolute Gasteiger partial charge is 0.0826 e. The zero-order valence-corrected chi connectivity index (χ0v) is 13.1. The van der Waals surface area contributed by atoms with Crippen molar-refractivity contribution >= 4 is 5.69 Å². The van der Waals surface area contributed by atoms with Crippen LogP contribution in [-0.2, 0) is 11.3 Å². The predicted molar refractivity (Wildman–Crippen MR) is 84.6 cm³/mol. The van der Waals surface area contributed by atoms with Gasteiger partial charge in [-0.05, 0) is 18.9 Å². The van der Waals surface area contributed by atoms with Crippen LogP contribution in [0.4, 0.5) is 5.69 Å². The zero-order chi connectivity index (χ0) is 14.7. The molecule has 0 bridgehead atoms. The molecule has 2 heterocycles. The van der Waals surface area contributed by atoms with Crippen molar-refractivity contribution in [2.24, 2.45) is 0 Å². The number of aromatic nitrogens is 1. The van der Waals surface area contributed by atoms with E-state index in [1.54, 1.807) is 0 Å². The van der Waals surface area contributed by atoms with Gasteiger partial charge in [0.15, 0.2) is 0 Å². The topological polar surface area (TPSA) is 40.6 Å². The van der Waals surface area contributed by atoms with Crippen molar-refractivity contribution in [1.82, 2.24) is 15.2 Å². The van der Waals surface area contributed by atoms with Gasteiger partial charge in [0.25, 0.3) is 0 Å². The maximum atomic E-state index is 5.87. The normalized spacial score (nSPS) is 23.2. The van der Waals surface area contributed by atoms with Gasteiger partial charge < -0.3 is 15.0 Å². The SMILES string of the molecule is CN(C)c1ccncc1CNCC1CN(C2CC2)CCO1. The Morgan fingerprint density at radius 3 is 3.05 bits per heavy atom. The third-order valence-electron chi connectivity index (χ3n) is 4.28. The van der Waals surface area contributed by atoms with E-state index in [4.69, 9.17) is 4.74 Å². The van der Waals surface area contributed by atoms with E-state index in [2.05, 4.69) is 40.3 Å². The Bertz CT molecular complexity index is 461. The third kappa shape index (κ3) is 3.93. The Kier molecular flexibility index (Phi) is 4.73. The molecule has 1 aromatic rings. The van der Waals surface area contributed by atoms with E-state index >= 15 is 0 Å². The Hall–Kier alpha value is -1.17. The Balaban J connectivity index is 1.47. The van der Waals surface area contributed by atoms with Gasteiger partial charge in [-0.1, -0.05) is 0 Å². The minimum Gasteiger partial charge on any atom is -0.377 e. The van der Waals surface area contributed by atoms with E-state index in [-0.39, 0.29) is 0 Å². The van der Waals surface area contributed by atoms with E-state index in [0.717, 1.165) is 38.8 Å². The molecule has 2 fully saturated rings. The molecule has 1 aromatic heterocycles. The van der Waals surface area contributed by atoms with Gasteiger partial charge >= 0.3 is 0 Å². The summed E-state index contributed by atoms with van der Waals surface area (Å²) in [6, 6.07) is 2.90. The van der Waals surface area contributed by atoms with Crippen LogP contribution in [0.5, 0.6) is 0 Å². The first-order valence-electron chi connectivity index (χ1n) is 7.90. The Morgan fingerprint density at radius 2 is 2.29 bits per heavy atom. The van der Waals surface area contributed by atoms with Crippen LogP contribution in [-0.4, -0.2) is 62.4 Å². The first-order chi connectivity index (χ1) is 10.2. The van der Waals surface area contributed by atoms with E-state index in [1.807, 2.05) is 12.4 Å². The van der Waals surface area contributed by atoms with Crippen LogP contribution < -0.4 is 10.2 Å². The molecule has 1 atom stereocenters. The molecule has 1 N–H and O–H groups in total. The van der Waals surface area contributed by atoms with Crippen LogP contribution in [0.25, 0.3) is 0 Å². The summed E-state index contributed by atoms with van der Waals surface area (Å²) in [4.78, 5) is 8.95. The fraction of sp³-hybridized carbons (Fsp3) is 0.688. The third-order valence-corrected chi connectivity index (χ3v) is 4.28. The van der Waals surface area contributed by atoms with E-state index in [0.29, 0.717) is 6.10 Å². The lowest BCUT2D eigenvalue weighted by molar-refractivity contribution is -0.0301. The van der Waals surface area contributed by atoms with Gasteiger partial charge in [0.2, 0.25) is 0 Å². The first kappa shape index (κ1) is 14.8. The zero-order valence-electron chi connectivity index (χ0n) is 13.1. The summed E-state index contributed by atoms with van der Waals surface area (Å²) in [5.41, 5.74) is 2.46. The number of hydrogen-bond donors (Lipinski definition) is 1. The minimum absolute atomic E-state index is 0.318. The number of hydrogen-bond acceptors (Lipinski definition) is 5. The quantitative estimate of drug-likeness (QED) is 0.849. The highest BCUT2D eigenvalue weighted by atomic mass is 16.5. The van der Waals surface area contributed by atoms with Crippen LogP contribution >= 0.6 is 0 Å². The van der Waals surface area contributed by atoms with Gasteiger partial charge in [-0.3, -0.25) is 9.88 Å². The summed E-state index contributed by atoms with van der Waals surface area (Å²) >= 11 is 0. The number of nitrogens with zero attached hydrogens (tertiary/aromatic N) is 3. The highest BCUT2D eigenvalue weighted by Gasteiger charge is 2.32. The molecule has 0 spiro atoms. The summed E-state index contributed by atoms with van der Waals surface area (Å²) in [5.74, 6) is 0. The molecular formula is C16H26N4O. The standard InChI is InChI=1S/C16H26N4O/c1-19(2)16-5-6-17-9-13(16)10-18-11-15-12-20(7-8-21-15)14-3-4-14/h5-6,9,14-15,18H,3-4,7-8,10-12H2,1-2H3. The largest absolute Gasteiger partial charge is 0.377 e. The average molecular weight is 290 g/mol. The molecule has 2 aliphatic rings. The van der Waals surface area contributed by atoms with Gasteiger partial charge in [0.05, 0.1) is 12.7 Å². The second-order valence-corrected chi connectivity index (χ2v) is 6.25. The minimum atomic E-state index is 0.318. The molecule has 0 aromatic carbocycles. The van der Waals surface area contributed by atoms with Crippen LogP contribution in [0.1, 0.15) is 18.4 Å². The second kappa shape index (κ2) is 6.73. The Morgan fingerprint density at radius 1 is 1.43 bits per heavy atom. The number of ether oxygens (including phenoxy) is 1. The lowest BCUT2D eigenvalue weighted by Gasteiger charge is -2.33. The number of morpholine rings is 1. The molecule has 1 unspecified atom stereocenters. The predicted octanol–water partition coefficient (Wildman–Crippen LogP) is 1.10. The molecule has 0 radical (unpaired) electrons. The van der Waals surface area contributed by atoms with Crippen LogP contribution in [0.3, 0.4) is 0 Å². The molecule has 1 aliphatic carbocycles. The lowest BCUT2D eigenvalue weighted by Crippen LogP contribution is -2.47. The van der Waals surface area contributed by atoms with Gasteiger partial charge in [-0.25, -0.2) is 0 Å². The summed E-state index contributed by atoms with van der Waals surface area (Å²) < 4.78 is 5.87. The highest BCUT2D eigenvalue weighted by molar-refractivity contribution is 5.50. The van der Waals surface area contributed by atoms with Crippen molar-refractivity contribution in [1.29, 1.82) is 0 Å². The van der Waals surface area contributed by atoms with E-state index in [9.17, 15) is 0 Å². The van der Waals surface area contributed by atoms with E-state index < -0.39 is 0 Å². The average Bonchev–Trinajstić information content (AvgIpc) is 3.33. The fourth-order valence-electron chi connectivity index (χ4n) is 3.00. The van der Waals surface area contributed by atoms with E-state index in [1.165, 1.54) is 24.1 Å². The number of anilines is 1. The monoisotopic (exact) mass is 290 g/mol. The van der Waals surface area contributed by atoms with Crippen LogP contribution in [0, 0.1) is 0 Å². The molecule has 21 heavy (non-hydrogen) atoms. The summed E-state index contributed by atoms with van der Waals surface area (Å²) in [5, 5.41) is 3.53. The number of rotatable bonds is 6. The second-order valence-electron chi connectivity index (χ2n) is 6.25.